The SMILES string of the molecule is CN=C(NCCCc1nnc2ccccn12)NC1CCN(C2CC2)CC1.I. The first-order valence-electron chi connectivity index (χ1n) is 9.83. The van der Waals surface area contributed by atoms with Crippen LogP contribution in [0.5, 0.6) is 0 Å². The molecule has 2 aromatic heterocycles. The number of halogens is 1. The maximum atomic E-state index is 4.38. The van der Waals surface area contributed by atoms with Gasteiger partial charge in [0.15, 0.2) is 11.6 Å². The molecule has 1 saturated heterocycles. The van der Waals surface area contributed by atoms with Crippen molar-refractivity contribution in [2.45, 2.75) is 50.6 Å². The minimum Gasteiger partial charge on any atom is -0.356 e. The van der Waals surface area contributed by atoms with Crippen LogP contribution in [0.15, 0.2) is 29.4 Å². The summed E-state index contributed by atoms with van der Waals surface area (Å²) in [5.41, 5.74) is 0.908. The van der Waals surface area contributed by atoms with Crippen molar-refractivity contribution in [1.29, 1.82) is 0 Å². The Labute approximate surface area is 178 Å². The van der Waals surface area contributed by atoms with Gasteiger partial charge in [-0.1, -0.05) is 6.07 Å². The van der Waals surface area contributed by atoms with E-state index in [0.717, 1.165) is 42.9 Å². The van der Waals surface area contributed by atoms with Crippen molar-refractivity contribution in [3.63, 3.8) is 0 Å². The van der Waals surface area contributed by atoms with Gasteiger partial charge in [-0.3, -0.25) is 9.39 Å². The van der Waals surface area contributed by atoms with E-state index in [4.69, 9.17) is 0 Å². The number of hydrogen-bond acceptors (Lipinski definition) is 4. The molecule has 0 atom stereocenters. The van der Waals surface area contributed by atoms with E-state index in [1.807, 2.05) is 31.4 Å². The number of aliphatic imine (C=N–C) groups is 1. The van der Waals surface area contributed by atoms with Gasteiger partial charge in [0.25, 0.3) is 0 Å². The topological polar surface area (TPSA) is 69.8 Å². The van der Waals surface area contributed by atoms with Crippen molar-refractivity contribution < 1.29 is 0 Å². The minimum atomic E-state index is 0. The molecule has 3 heterocycles. The number of guanidine groups is 1. The second-order valence-electron chi connectivity index (χ2n) is 7.33. The summed E-state index contributed by atoms with van der Waals surface area (Å²) >= 11 is 0. The molecule has 0 bridgehead atoms. The summed E-state index contributed by atoms with van der Waals surface area (Å²) < 4.78 is 2.06. The number of hydrogen-bond donors (Lipinski definition) is 2. The summed E-state index contributed by atoms with van der Waals surface area (Å²) in [4.78, 5) is 7.03. The highest BCUT2D eigenvalue weighted by Crippen LogP contribution is 2.29. The predicted molar refractivity (Wildman–Crippen MR) is 119 cm³/mol. The third kappa shape index (κ3) is 5.31. The Hall–Kier alpha value is -1.42. The van der Waals surface area contributed by atoms with Crippen LogP contribution in [-0.4, -0.2) is 64.2 Å². The molecule has 27 heavy (non-hydrogen) atoms. The fourth-order valence-corrected chi connectivity index (χ4v) is 3.75. The molecule has 2 aromatic rings. The normalized spacial score (nSPS) is 19.1. The maximum Gasteiger partial charge on any atom is 0.191 e. The molecule has 2 fully saturated rings. The highest BCUT2D eigenvalue weighted by molar-refractivity contribution is 14.0. The molecule has 0 spiro atoms. The van der Waals surface area contributed by atoms with E-state index in [0.29, 0.717) is 6.04 Å². The largest absolute Gasteiger partial charge is 0.356 e. The quantitative estimate of drug-likeness (QED) is 0.285. The lowest BCUT2D eigenvalue weighted by molar-refractivity contribution is 0.197. The number of rotatable bonds is 6. The van der Waals surface area contributed by atoms with Crippen molar-refractivity contribution >= 4 is 35.6 Å². The lowest BCUT2D eigenvalue weighted by Gasteiger charge is -2.33. The second kappa shape index (κ2) is 9.68. The zero-order chi connectivity index (χ0) is 17.8. The Kier molecular flexibility index (Phi) is 7.28. The molecule has 4 rings (SSSR count). The number of fused-ring (bicyclic) bond motifs is 1. The van der Waals surface area contributed by atoms with Crippen LogP contribution in [0.3, 0.4) is 0 Å². The molecule has 1 aliphatic heterocycles. The zero-order valence-corrected chi connectivity index (χ0v) is 18.3. The lowest BCUT2D eigenvalue weighted by Crippen LogP contribution is -2.49. The van der Waals surface area contributed by atoms with Crippen LogP contribution >= 0.6 is 24.0 Å². The summed E-state index contributed by atoms with van der Waals surface area (Å²) in [6.07, 6.45) is 9.15. The first kappa shape index (κ1) is 20.3. The van der Waals surface area contributed by atoms with Crippen molar-refractivity contribution in [2.75, 3.05) is 26.7 Å². The summed E-state index contributed by atoms with van der Waals surface area (Å²) in [5, 5.41) is 15.5. The van der Waals surface area contributed by atoms with E-state index < -0.39 is 0 Å². The highest BCUT2D eigenvalue weighted by atomic mass is 127. The molecule has 8 heteroatoms. The van der Waals surface area contributed by atoms with Crippen LogP contribution in [0.25, 0.3) is 5.65 Å². The van der Waals surface area contributed by atoms with Crippen molar-refractivity contribution in [3.05, 3.63) is 30.2 Å². The van der Waals surface area contributed by atoms with Gasteiger partial charge in [-0.15, -0.1) is 34.2 Å². The molecule has 0 radical (unpaired) electrons. The van der Waals surface area contributed by atoms with E-state index in [1.165, 1.54) is 38.8 Å². The molecular weight excluding hydrogens is 453 g/mol. The number of nitrogens with zero attached hydrogens (tertiary/aromatic N) is 5. The predicted octanol–water partition coefficient (Wildman–Crippen LogP) is 2.07. The lowest BCUT2D eigenvalue weighted by atomic mass is 10.1. The number of pyridine rings is 1. The van der Waals surface area contributed by atoms with Crippen LogP contribution in [0.4, 0.5) is 0 Å². The van der Waals surface area contributed by atoms with Gasteiger partial charge in [-0.05, 0) is 44.2 Å². The van der Waals surface area contributed by atoms with Gasteiger partial charge < -0.3 is 15.5 Å². The minimum absolute atomic E-state index is 0. The summed E-state index contributed by atoms with van der Waals surface area (Å²) in [7, 11) is 1.85. The highest BCUT2D eigenvalue weighted by Gasteiger charge is 2.31. The van der Waals surface area contributed by atoms with Gasteiger partial charge in [0.1, 0.15) is 5.82 Å². The Morgan fingerprint density at radius 1 is 1.19 bits per heavy atom. The fourth-order valence-electron chi connectivity index (χ4n) is 3.75. The molecule has 1 saturated carbocycles. The molecule has 1 aliphatic carbocycles. The number of piperidine rings is 1. The molecule has 7 nitrogen and oxygen atoms in total. The van der Waals surface area contributed by atoms with Crippen molar-refractivity contribution in [2.24, 2.45) is 4.99 Å². The number of nitrogens with one attached hydrogen (secondary N) is 2. The Morgan fingerprint density at radius 3 is 2.74 bits per heavy atom. The van der Waals surface area contributed by atoms with Gasteiger partial charge in [0.2, 0.25) is 0 Å². The molecule has 2 N–H and O–H groups in total. The summed E-state index contributed by atoms with van der Waals surface area (Å²) in [5.74, 6) is 1.93. The second-order valence-corrected chi connectivity index (χ2v) is 7.33. The van der Waals surface area contributed by atoms with Gasteiger partial charge >= 0.3 is 0 Å². The smallest absolute Gasteiger partial charge is 0.191 e. The molecule has 0 aromatic carbocycles. The van der Waals surface area contributed by atoms with E-state index in [2.05, 4.69) is 35.1 Å². The maximum absolute atomic E-state index is 4.38. The monoisotopic (exact) mass is 483 g/mol. The van der Waals surface area contributed by atoms with Gasteiger partial charge in [-0.25, -0.2) is 0 Å². The van der Waals surface area contributed by atoms with E-state index >= 15 is 0 Å². The molecule has 0 unspecified atom stereocenters. The fraction of sp³-hybridized carbons (Fsp3) is 0.632. The number of aromatic nitrogens is 3. The number of aryl methyl sites for hydroxylation is 1. The van der Waals surface area contributed by atoms with Crippen LogP contribution in [0.1, 0.15) is 37.9 Å². The summed E-state index contributed by atoms with van der Waals surface area (Å²) in [6.45, 7) is 3.32. The third-order valence-electron chi connectivity index (χ3n) is 5.41. The van der Waals surface area contributed by atoms with E-state index in [1.54, 1.807) is 0 Å². The van der Waals surface area contributed by atoms with Gasteiger partial charge in [0.05, 0.1) is 0 Å². The molecule has 2 aliphatic rings. The van der Waals surface area contributed by atoms with E-state index in [9.17, 15) is 0 Å². The van der Waals surface area contributed by atoms with Gasteiger partial charge in [0, 0.05) is 51.4 Å². The van der Waals surface area contributed by atoms with E-state index in [-0.39, 0.29) is 24.0 Å². The molecule has 148 valence electrons. The third-order valence-corrected chi connectivity index (χ3v) is 5.41. The van der Waals surface area contributed by atoms with Crippen molar-refractivity contribution in [1.82, 2.24) is 30.1 Å². The standard InChI is InChI=1S/C19H29N7.HI/c1-20-19(22-15-9-13-25(14-10-15)16-7-8-16)21-11-4-6-18-24-23-17-5-2-3-12-26(17)18;/h2-3,5,12,15-16H,4,6-11,13-14H2,1H3,(H2,20,21,22);1H. The Bertz CT molecular complexity index is 747. The zero-order valence-electron chi connectivity index (χ0n) is 16.0. The summed E-state index contributed by atoms with van der Waals surface area (Å²) in [6, 6.07) is 7.41. The van der Waals surface area contributed by atoms with Crippen LogP contribution in [0.2, 0.25) is 0 Å². The van der Waals surface area contributed by atoms with Crippen LogP contribution in [0, 0.1) is 0 Å². The first-order chi connectivity index (χ1) is 12.8. The van der Waals surface area contributed by atoms with Crippen molar-refractivity contribution in [3.8, 4) is 0 Å². The van der Waals surface area contributed by atoms with Crippen LogP contribution < -0.4 is 10.6 Å². The molecule has 0 amide bonds. The Balaban J connectivity index is 0.00000210. The first-order valence-corrected chi connectivity index (χ1v) is 9.83. The van der Waals surface area contributed by atoms with Crippen LogP contribution in [-0.2, 0) is 6.42 Å². The molecular formula is C19H30IN7. The Morgan fingerprint density at radius 2 is 2.00 bits per heavy atom. The average molecular weight is 483 g/mol. The average Bonchev–Trinajstić information content (AvgIpc) is 3.45. The number of likely N-dealkylation sites (tertiary alicyclic amines) is 1. The van der Waals surface area contributed by atoms with Gasteiger partial charge in [-0.2, -0.15) is 0 Å².